The molecule has 16 heavy (non-hydrogen) atoms. The van der Waals surface area contributed by atoms with Crippen molar-refractivity contribution in [3.05, 3.63) is 51.7 Å². The molecule has 0 saturated heterocycles. The zero-order chi connectivity index (χ0) is 11.4. The fraction of sp³-hybridized carbons (Fsp3) is 0.167. The summed E-state index contributed by atoms with van der Waals surface area (Å²) in [5.74, 6) is 0. The van der Waals surface area contributed by atoms with E-state index in [0.717, 1.165) is 11.3 Å². The molecule has 1 aromatic heterocycles. The molecule has 1 unspecified atom stereocenters. The maximum Gasteiger partial charge on any atom is 0.0753 e. The Morgan fingerprint density at radius 2 is 2.00 bits per heavy atom. The number of aliphatic hydroxyl groups is 1. The molecule has 0 spiro atoms. The number of benzene rings is 1. The van der Waals surface area contributed by atoms with E-state index >= 15 is 0 Å². The van der Waals surface area contributed by atoms with Crippen LogP contribution in [0.4, 0.5) is 5.69 Å². The third kappa shape index (κ3) is 2.76. The normalized spacial score (nSPS) is 12.4. The number of hydrogen-bond acceptors (Lipinski definition) is 3. The van der Waals surface area contributed by atoms with Crippen LogP contribution < -0.4 is 5.32 Å². The second-order valence-electron chi connectivity index (χ2n) is 3.44. The van der Waals surface area contributed by atoms with Crippen LogP contribution in [0.5, 0.6) is 0 Å². The molecule has 0 fully saturated rings. The molecule has 1 heterocycles. The van der Waals surface area contributed by atoms with Crippen molar-refractivity contribution in [2.24, 2.45) is 0 Å². The van der Waals surface area contributed by atoms with Crippen molar-refractivity contribution in [2.45, 2.75) is 6.04 Å². The maximum absolute atomic E-state index is 9.33. The fourth-order valence-corrected chi connectivity index (χ4v) is 2.30. The quantitative estimate of drug-likeness (QED) is 0.874. The second kappa shape index (κ2) is 5.34. The molecular formula is C12H12ClNOS. The lowest BCUT2D eigenvalue weighted by Crippen LogP contribution is -2.13. The predicted octanol–water partition coefficient (Wildman–Crippen LogP) is 3.55. The maximum atomic E-state index is 9.33. The van der Waals surface area contributed by atoms with Gasteiger partial charge in [0.15, 0.2) is 0 Å². The molecule has 1 atom stereocenters. The van der Waals surface area contributed by atoms with Crippen LogP contribution in [0.1, 0.15) is 11.6 Å². The summed E-state index contributed by atoms with van der Waals surface area (Å²) in [5.41, 5.74) is 2.05. The summed E-state index contributed by atoms with van der Waals surface area (Å²) in [5, 5.41) is 17.3. The third-order valence-corrected chi connectivity index (χ3v) is 3.27. The monoisotopic (exact) mass is 253 g/mol. The van der Waals surface area contributed by atoms with Gasteiger partial charge in [0, 0.05) is 10.7 Å². The van der Waals surface area contributed by atoms with Crippen molar-refractivity contribution in [2.75, 3.05) is 11.9 Å². The molecule has 2 N–H and O–H groups in total. The highest BCUT2D eigenvalue weighted by Crippen LogP contribution is 2.22. The summed E-state index contributed by atoms with van der Waals surface area (Å²) in [6.45, 7) is 0.0688. The number of aliphatic hydroxyl groups excluding tert-OH is 1. The predicted molar refractivity (Wildman–Crippen MR) is 69.2 cm³/mol. The Morgan fingerprint density at radius 1 is 1.25 bits per heavy atom. The molecule has 4 heteroatoms. The number of halogens is 1. The van der Waals surface area contributed by atoms with Crippen molar-refractivity contribution >= 4 is 28.6 Å². The van der Waals surface area contributed by atoms with E-state index in [-0.39, 0.29) is 12.6 Å². The Balaban J connectivity index is 2.10. The molecule has 0 aliphatic carbocycles. The van der Waals surface area contributed by atoms with Crippen LogP contribution in [0.2, 0.25) is 5.02 Å². The van der Waals surface area contributed by atoms with Crippen molar-refractivity contribution in [1.82, 2.24) is 0 Å². The first kappa shape index (κ1) is 11.5. The van der Waals surface area contributed by atoms with Crippen LogP contribution in [0.25, 0.3) is 0 Å². The molecule has 2 rings (SSSR count). The molecule has 0 saturated carbocycles. The lowest BCUT2D eigenvalue weighted by Gasteiger charge is -2.16. The number of nitrogens with one attached hydrogen (secondary N) is 1. The lowest BCUT2D eigenvalue weighted by atomic mass is 10.1. The third-order valence-electron chi connectivity index (χ3n) is 2.31. The molecule has 84 valence electrons. The van der Waals surface area contributed by atoms with Gasteiger partial charge in [-0.1, -0.05) is 11.6 Å². The van der Waals surface area contributed by atoms with Gasteiger partial charge >= 0.3 is 0 Å². The molecule has 2 nitrogen and oxygen atoms in total. The Kier molecular flexibility index (Phi) is 3.83. The standard InChI is InChI=1S/C12H12ClNOS/c13-10-1-3-11(4-2-10)14-12(7-15)9-5-6-16-8-9/h1-6,8,12,14-15H,7H2. The minimum Gasteiger partial charge on any atom is -0.394 e. The summed E-state index contributed by atoms with van der Waals surface area (Å²) in [6.07, 6.45) is 0. The molecule has 0 aliphatic rings. The van der Waals surface area contributed by atoms with Crippen LogP contribution in [-0.4, -0.2) is 11.7 Å². The van der Waals surface area contributed by atoms with Crippen LogP contribution in [0, 0.1) is 0 Å². The molecule has 0 aliphatic heterocycles. The molecule has 0 radical (unpaired) electrons. The van der Waals surface area contributed by atoms with Crippen molar-refractivity contribution in [1.29, 1.82) is 0 Å². The van der Waals surface area contributed by atoms with Gasteiger partial charge < -0.3 is 10.4 Å². The summed E-state index contributed by atoms with van der Waals surface area (Å²) in [4.78, 5) is 0. The SMILES string of the molecule is OCC(Nc1ccc(Cl)cc1)c1ccsc1. The molecular weight excluding hydrogens is 242 g/mol. The van der Waals surface area contributed by atoms with Gasteiger partial charge in [0.1, 0.15) is 0 Å². The topological polar surface area (TPSA) is 32.3 Å². The zero-order valence-corrected chi connectivity index (χ0v) is 10.1. The van der Waals surface area contributed by atoms with Crippen LogP contribution in [-0.2, 0) is 0 Å². The van der Waals surface area contributed by atoms with E-state index in [0.29, 0.717) is 5.02 Å². The van der Waals surface area contributed by atoms with E-state index in [9.17, 15) is 5.11 Å². The number of rotatable bonds is 4. The van der Waals surface area contributed by atoms with Gasteiger partial charge in [0.25, 0.3) is 0 Å². The highest BCUT2D eigenvalue weighted by Gasteiger charge is 2.09. The molecule has 1 aromatic carbocycles. The van der Waals surface area contributed by atoms with E-state index < -0.39 is 0 Å². The first-order valence-electron chi connectivity index (χ1n) is 4.94. The number of thiophene rings is 1. The summed E-state index contributed by atoms with van der Waals surface area (Å²) < 4.78 is 0. The van der Waals surface area contributed by atoms with Crippen molar-refractivity contribution in [3.8, 4) is 0 Å². The average molecular weight is 254 g/mol. The van der Waals surface area contributed by atoms with E-state index in [1.807, 2.05) is 41.1 Å². The minimum atomic E-state index is -0.0626. The summed E-state index contributed by atoms with van der Waals surface area (Å²) >= 11 is 7.43. The Morgan fingerprint density at radius 3 is 2.56 bits per heavy atom. The largest absolute Gasteiger partial charge is 0.394 e. The Labute approximate surface area is 104 Å². The Hall–Kier alpha value is -1.03. The van der Waals surface area contributed by atoms with E-state index in [4.69, 9.17) is 11.6 Å². The van der Waals surface area contributed by atoms with E-state index in [1.54, 1.807) is 11.3 Å². The van der Waals surface area contributed by atoms with Crippen LogP contribution >= 0.6 is 22.9 Å². The molecule has 0 bridgehead atoms. The average Bonchev–Trinajstić information content (AvgIpc) is 2.82. The summed E-state index contributed by atoms with van der Waals surface area (Å²) in [6, 6.07) is 9.40. The van der Waals surface area contributed by atoms with Crippen molar-refractivity contribution in [3.63, 3.8) is 0 Å². The van der Waals surface area contributed by atoms with E-state index in [2.05, 4.69) is 5.32 Å². The van der Waals surface area contributed by atoms with Gasteiger partial charge in [-0.05, 0) is 46.7 Å². The second-order valence-corrected chi connectivity index (χ2v) is 4.66. The fourth-order valence-electron chi connectivity index (χ4n) is 1.45. The Bertz CT molecular complexity index is 427. The van der Waals surface area contributed by atoms with Gasteiger partial charge in [-0.2, -0.15) is 11.3 Å². The zero-order valence-electron chi connectivity index (χ0n) is 8.56. The molecule has 2 aromatic rings. The number of anilines is 1. The summed E-state index contributed by atoms with van der Waals surface area (Å²) in [7, 11) is 0. The van der Waals surface area contributed by atoms with Gasteiger partial charge in [-0.3, -0.25) is 0 Å². The van der Waals surface area contributed by atoms with Gasteiger partial charge in [-0.15, -0.1) is 0 Å². The van der Waals surface area contributed by atoms with Crippen LogP contribution in [0.3, 0.4) is 0 Å². The van der Waals surface area contributed by atoms with Crippen molar-refractivity contribution < 1.29 is 5.11 Å². The highest BCUT2D eigenvalue weighted by atomic mass is 35.5. The van der Waals surface area contributed by atoms with Gasteiger partial charge in [0.05, 0.1) is 12.6 Å². The van der Waals surface area contributed by atoms with Gasteiger partial charge in [-0.25, -0.2) is 0 Å². The molecule has 0 amide bonds. The number of hydrogen-bond donors (Lipinski definition) is 2. The van der Waals surface area contributed by atoms with Crippen LogP contribution in [0.15, 0.2) is 41.1 Å². The van der Waals surface area contributed by atoms with Gasteiger partial charge in [0.2, 0.25) is 0 Å². The first-order chi connectivity index (χ1) is 7.79. The highest BCUT2D eigenvalue weighted by molar-refractivity contribution is 7.08. The first-order valence-corrected chi connectivity index (χ1v) is 6.27. The lowest BCUT2D eigenvalue weighted by molar-refractivity contribution is 0.276. The smallest absolute Gasteiger partial charge is 0.0753 e. The van der Waals surface area contributed by atoms with E-state index in [1.165, 1.54) is 0 Å². The minimum absolute atomic E-state index is 0.0626.